The summed E-state index contributed by atoms with van der Waals surface area (Å²) in [4.78, 5) is 26.8. The van der Waals surface area contributed by atoms with Crippen LogP contribution >= 0.6 is 11.6 Å². The van der Waals surface area contributed by atoms with Crippen molar-refractivity contribution >= 4 is 35.1 Å². The first-order valence-corrected chi connectivity index (χ1v) is 11.4. The molecule has 35 heavy (non-hydrogen) atoms. The third-order valence-corrected chi connectivity index (χ3v) is 6.46. The zero-order valence-corrected chi connectivity index (χ0v) is 20.6. The maximum Gasteiger partial charge on any atom is 0.331 e. The Kier molecular flexibility index (Phi) is 6.63. The van der Waals surface area contributed by atoms with Crippen molar-refractivity contribution in [2.45, 2.75) is 26.2 Å². The van der Waals surface area contributed by atoms with Crippen LogP contribution in [0.25, 0.3) is 11.8 Å². The molecule has 0 saturated heterocycles. The number of fused-ring (bicyclic) bond motifs is 1. The summed E-state index contributed by atoms with van der Waals surface area (Å²) >= 11 is 6.43. The summed E-state index contributed by atoms with van der Waals surface area (Å²) in [5, 5.41) is 4.62. The smallest absolute Gasteiger partial charge is 0.331 e. The summed E-state index contributed by atoms with van der Waals surface area (Å²) in [5.74, 6) is -1.36. The second-order valence-corrected chi connectivity index (χ2v) is 9.17. The van der Waals surface area contributed by atoms with E-state index in [1.165, 1.54) is 35.0 Å². The first-order chi connectivity index (χ1) is 16.6. The van der Waals surface area contributed by atoms with E-state index in [1.807, 2.05) is 36.2 Å². The third-order valence-electron chi connectivity index (χ3n) is 6.10. The number of nitrogens with zero attached hydrogens (tertiary/aromatic N) is 3. The molecule has 1 aliphatic heterocycles. The van der Waals surface area contributed by atoms with Crippen LogP contribution in [0.3, 0.4) is 0 Å². The van der Waals surface area contributed by atoms with E-state index in [2.05, 4.69) is 18.9 Å². The molecule has 6 nitrogen and oxygen atoms in total. The van der Waals surface area contributed by atoms with Gasteiger partial charge in [-0.15, -0.1) is 0 Å². The van der Waals surface area contributed by atoms with Crippen molar-refractivity contribution in [1.82, 2.24) is 9.78 Å². The van der Waals surface area contributed by atoms with E-state index < -0.39 is 5.97 Å². The van der Waals surface area contributed by atoms with Crippen LogP contribution < -0.4 is 4.90 Å². The second-order valence-electron chi connectivity index (χ2n) is 8.82. The highest BCUT2D eigenvalue weighted by Gasteiger charge is 2.38. The number of allylic oxidation sites excluding steroid dienone is 1. The van der Waals surface area contributed by atoms with Crippen molar-refractivity contribution in [3.63, 3.8) is 0 Å². The molecule has 0 N–H and O–H groups in total. The molecule has 0 unspecified atom stereocenters. The summed E-state index contributed by atoms with van der Waals surface area (Å²) in [6, 6.07) is 13.7. The van der Waals surface area contributed by atoms with Crippen LogP contribution in [0.2, 0.25) is 5.15 Å². The Morgan fingerprint density at radius 1 is 1.14 bits per heavy atom. The molecule has 0 radical (unpaired) electrons. The van der Waals surface area contributed by atoms with Crippen molar-refractivity contribution < 1.29 is 18.7 Å². The Morgan fingerprint density at radius 3 is 2.51 bits per heavy atom. The maximum absolute atomic E-state index is 13.2. The number of ether oxygens (including phenoxy) is 1. The van der Waals surface area contributed by atoms with Gasteiger partial charge in [-0.05, 0) is 48.9 Å². The summed E-state index contributed by atoms with van der Waals surface area (Å²) < 4.78 is 19.8. The van der Waals surface area contributed by atoms with Crippen LogP contribution in [0.1, 0.15) is 30.7 Å². The number of halogens is 2. The number of carbonyl (C=O) groups is 2. The summed E-state index contributed by atoms with van der Waals surface area (Å²) in [7, 11) is 1.92. The van der Waals surface area contributed by atoms with Gasteiger partial charge in [0.2, 0.25) is 0 Å². The van der Waals surface area contributed by atoms with Crippen molar-refractivity contribution in [1.29, 1.82) is 0 Å². The molecule has 2 aromatic carbocycles. The summed E-state index contributed by atoms with van der Waals surface area (Å²) in [5.41, 5.74) is 4.36. The predicted molar refractivity (Wildman–Crippen MR) is 134 cm³/mol. The van der Waals surface area contributed by atoms with Gasteiger partial charge in [0.05, 0.1) is 11.4 Å². The number of benzene rings is 2. The van der Waals surface area contributed by atoms with E-state index in [0.29, 0.717) is 16.9 Å². The largest absolute Gasteiger partial charge is 0.454 e. The topological polar surface area (TPSA) is 64.4 Å². The Hall–Kier alpha value is -3.71. The van der Waals surface area contributed by atoms with Gasteiger partial charge in [0.25, 0.3) is 0 Å². The lowest BCUT2D eigenvalue weighted by Crippen LogP contribution is -2.25. The molecule has 0 bridgehead atoms. The van der Waals surface area contributed by atoms with Crippen LogP contribution in [0, 0.1) is 12.7 Å². The molecule has 0 aliphatic carbocycles. The second kappa shape index (κ2) is 9.50. The Labute approximate surface area is 208 Å². The van der Waals surface area contributed by atoms with Crippen LogP contribution in [0.15, 0.2) is 66.4 Å². The molecule has 3 aromatic rings. The highest BCUT2D eigenvalue weighted by Crippen LogP contribution is 2.46. The van der Waals surface area contributed by atoms with Gasteiger partial charge in [-0.2, -0.15) is 5.10 Å². The number of aromatic nitrogens is 2. The number of aryl methyl sites for hydroxylation is 1. The van der Waals surface area contributed by atoms with Crippen LogP contribution in [0.5, 0.6) is 0 Å². The molecule has 8 heteroatoms. The number of esters is 1. The molecule has 1 aliphatic rings. The highest BCUT2D eigenvalue weighted by atomic mass is 35.5. The van der Waals surface area contributed by atoms with E-state index in [4.69, 9.17) is 16.3 Å². The number of hydrogen-bond acceptors (Lipinski definition) is 5. The number of likely N-dealkylation sites (N-methyl/N-ethyl adjacent to an activating group) is 1. The van der Waals surface area contributed by atoms with Crippen molar-refractivity contribution in [3.05, 3.63) is 94.2 Å². The van der Waals surface area contributed by atoms with E-state index in [1.54, 1.807) is 19.1 Å². The molecule has 2 heterocycles. The Bertz CT molecular complexity index is 1360. The molecule has 4 rings (SSSR count). The average Bonchev–Trinajstić information content (AvgIpc) is 3.22. The van der Waals surface area contributed by atoms with Gasteiger partial charge in [0, 0.05) is 41.6 Å². The predicted octanol–water partition coefficient (Wildman–Crippen LogP) is 5.41. The average molecular weight is 494 g/mol. The van der Waals surface area contributed by atoms with E-state index in [-0.39, 0.29) is 28.8 Å². The zero-order chi connectivity index (χ0) is 25.3. The number of carbonyl (C=O) groups excluding carboxylic acids is 2. The lowest BCUT2D eigenvalue weighted by atomic mass is 9.83. The molecule has 180 valence electrons. The number of hydrogen-bond donors (Lipinski definition) is 0. The fourth-order valence-electron chi connectivity index (χ4n) is 4.25. The van der Waals surface area contributed by atoms with Gasteiger partial charge in [0.15, 0.2) is 12.4 Å². The van der Waals surface area contributed by atoms with Gasteiger partial charge in [-0.25, -0.2) is 13.9 Å². The van der Waals surface area contributed by atoms with Crippen molar-refractivity contribution in [2.24, 2.45) is 0 Å². The lowest BCUT2D eigenvalue weighted by Gasteiger charge is -2.23. The quantitative estimate of drug-likeness (QED) is 0.339. The number of anilines is 1. The van der Waals surface area contributed by atoms with Crippen LogP contribution in [0.4, 0.5) is 10.1 Å². The molecule has 0 atom stereocenters. The molecule has 1 aromatic heterocycles. The molecule has 0 spiro atoms. The van der Waals surface area contributed by atoms with Gasteiger partial charge >= 0.3 is 5.97 Å². The maximum atomic E-state index is 13.2. The number of para-hydroxylation sites is 1. The molecule has 0 amide bonds. The SMILES string of the molecule is Cc1nn(-c2ccc(F)cc2)c(Cl)c1C=CC(=O)OCC(=O)C=C1N(C)c2ccccc2C1(C)C. The molecule has 0 saturated carbocycles. The van der Waals surface area contributed by atoms with Crippen LogP contribution in [-0.2, 0) is 19.7 Å². The minimum absolute atomic E-state index is 0.269. The Balaban J connectivity index is 1.42. The first kappa shape index (κ1) is 24.4. The molecular weight excluding hydrogens is 469 g/mol. The minimum atomic E-state index is -0.677. The van der Waals surface area contributed by atoms with Crippen molar-refractivity contribution in [2.75, 3.05) is 18.6 Å². The third kappa shape index (κ3) is 4.77. The molecular formula is C27H25ClFN3O3. The van der Waals surface area contributed by atoms with Gasteiger partial charge in [-0.1, -0.05) is 43.6 Å². The van der Waals surface area contributed by atoms with Crippen molar-refractivity contribution in [3.8, 4) is 5.69 Å². The summed E-state index contributed by atoms with van der Waals surface area (Å²) in [6.07, 6.45) is 4.22. The van der Waals surface area contributed by atoms with Gasteiger partial charge in [0.1, 0.15) is 11.0 Å². The van der Waals surface area contributed by atoms with E-state index in [9.17, 15) is 14.0 Å². The number of ketones is 1. The Morgan fingerprint density at radius 2 is 1.83 bits per heavy atom. The van der Waals surface area contributed by atoms with Gasteiger partial charge in [-0.3, -0.25) is 4.79 Å². The fourth-order valence-corrected chi connectivity index (χ4v) is 4.58. The monoisotopic (exact) mass is 493 g/mol. The normalized spacial score (nSPS) is 15.6. The zero-order valence-electron chi connectivity index (χ0n) is 19.9. The fraction of sp³-hybridized carbons (Fsp3) is 0.222. The summed E-state index contributed by atoms with van der Waals surface area (Å²) in [6.45, 7) is 5.47. The van der Waals surface area contributed by atoms with E-state index in [0.717, 1.165) is 16.9 Å². The molecule has 0 fully saturated rings. The lowest BCUT2D eigenvalue weighted by molar-refractivity contribution is -0.141. The number of rotatable bonds is 6. The van der Waals surface area contributed by atoms with E-state index >= 15 is 0 Å². The minimum Gasteiger partial charge on any atom is -0.454 e. The standard InChI is InChI=1S/C27H25ClFN3O3/c1-17-21(26(28)32(30-17)19-11-9-18(29)10-12-19)13-14-25(34)35-16-20(33)15-24-27(2,3)22-7-5-6-8-23(22)31(24)4/h5-15H,16H2,1-4H3. The van der Waals surface area contributed by atoms with Gasteiger partial charge < -0.3 is 9.64 Å². The highest BCUT2D eigenvalue weighted by molar-refractivity contribution is 6.31. The van der Waals surface area contributed by atoms with Crippen LogP contribution in [-0.4, -0.2) is 35.2 Å². The first-order valence-electron chi connectivity index (χ1n) is 11.0.